The summed E-state index contributed by atoms with van der Waals surface area (Å²) in [5.41, 5.74) is 2.43. The lowest BCUT2D eigenvalue weighted by molar-refractivity contribution is 0.0953. The number of oxazole rings is 1. The fourth-order valence-corrected chi connectivity index (χ4v) is 4.11. The van der Waals surface area contributed by atoms with E-state index in [1.165, 1.54) is 11.3 Å². The van der Waals surface area contributed by atoms with Gasteiger partial charge in [-0.15, -0.1) is 22.7 Å². The minimum atomic E-state index is -0.150. The van der Waals surface area contributed by atoms with Crippen LogP contribution in [0.1, 0.15) is 21.1 Å². The van der Waals surface area contributed by atoms with Gasteiger partial charge in [0.25, 0.3) is 5.91 Å². The first-order valence-corrected chi connectivity index (χ1v) is 9.69. The number of rotatable bonds is 5. The molecule has 3 heterocycles. The molecule has 1 N–H and O–H groups in total. The summed E-state index contributed by atoms with van der Waals surface area (Å²) in [5.74, 6) is 0.424. The van der Waals surface area contributed by atoms with Crippen LogP contribution in [0.25, 0.3) is 21.3 Å². The van der Waals surface area contributed by atoms with Crippen LogP contribution >= 0.6 is 22.7 Å². The van der Waals surface area contributed by atoms with E-state index in [1.54, 1.807) is 17.6 Å². The van der Waals surface area contributed by atoms with Crippen LogP contribution < -0.4 is 5.32 Å². The second kappa shape index (κ2) is 7.23. The van der Waals surface area contributed by atoms with Crippen LogP contribution in [0.3, 0.4) is 0 Å². The highest BCUT2D eigenvalue weighted by molar-refractivity contribution is 7.17. The Hall–Kier alpha value is -2.77. The molecule has 0 spiro atoms. The van der Waals surface area contributed by atoms with E-state index in [2.05, 4.69) is 15.3 Å². The molecular formula is C19H15N3O2S2. The second-order valence-electron chi connectivity index (χ2n) is 5.60. The van der Waals surface area contributed by atoms with Crippen LogP contribution in [-0.4, -0.2) is 15.9 Å². The third-order valence-electron chi connectivity index (χ3n) is 3.74. The summed E-state index contributed by atoms with van der Waals surface area (Å²) in [5, 5.41) is 5.70. The molecular weight excluding hydrogens is 366 g/mol. The van der Waals surface area contributed by atoms with Gasteiger partial charge >= 0.3 is 0 Å². The number of nitrogens with one attached hydrogen (secondary N) is 1. The van der Waals surface area contributed by atoms with Gasteiger partial charge in [0.05, 0.1) is 22.8 Å². The van der Waals surface area contributed by atoms with E-state index in [4.69, 9.17) is 4.42 Å². The maximum atomic E-state index is 12.5. The van der Waals surface area contributed by atoms with Crippen molar-refractivity contribution in [3.05, 3.63) is 70.4 Å². The number of hydrogen-bond donors (Lipinski definition) is 1. The summed E-state index contributed by atoms with van der Waals surface area (Å²) in [6, 6.07) is 13.7. The minimum Gasteiger partial charge on any atom is -0.443 e. The maximum absolute atomic E-state index is 12.5. The lowest BCUT2D eigenvalue weighted by Crippen LogP contribution is -2.22. The van der Waals surface area contributed by atoms with Crippen molar-refractivity contribution in [3.63, 3.8) is 0 Å². The average Bonchev–Trinajstić information content (AvgIpc) is 3.40. The zero-order valence-corrected chi connectivity index (χ0v) is 15.6. The SMILES string of the molecule is Cc1nc(-c2ccccc2)sc1C(=O)NCc1coc(-c2cccs2)n1. The van der Waals surface area contributed by atoms with Gasteiger partial charge in [0.2, 0.25) is 5.89 Å². The largest absolute Gasteiger partial charge is 0.443 e. The number of carbonyl (C=O) groups is 1. The molecule has 0 aliphatic heterocycles. The van der Waals surface area contributed by atoms with Crippen molar-refractivity contribution in [3.8, 4) is 21.3 Å². The van der Waals surface area contributed by atoms with Gasteiger partial charge in [0, 0.05) is 5.56 Å². The second-order valence-corrected chi connectivity index (χ2v) is 7.55. The first kappa shape index (κ1) is 16.7. The summed E-state index contributed by atoms with van der Waals surface area (Å²) < 4.78 is 5.47. The number of benzene rings is 1. The molecule has 0 saturated carbocycles. The van der Waals surface area contributed by atoms with Crippen molar-refractivity contribution in [2.24, 2.45) is 0 Å². The number of aryl methyl sites for hydroxylation is 1. The predicted molar refractivity (Wildman–Crippen MR) is 103 cm³/mol. The molecule has 0 radical (unpaired) electrons. The van der Waals surface area contributed by atoms with Gasteiger partial charge in [-0.1, -0.05) is 36.4 Å². The van der Waals surface area contributed by atoms with Crippen molar-refractivity contribution in [1.82, 2.24) is 15.3 Å². The van der Waals surface area contributed by atoms with Crippen LogP contribution in [0.5, 0.6) is 0 Å². The fourth-order valence-electron chi connectivity index (χ4n) is 2.46. The average molecular weight is 381 g/mol. The first-order valence-electron chi connectivity index (χ1n) is 8.00. The molecule has 5 nitrogen and oxygen atoms in total. The Morgan fingerprint density at radius 2 is 2.00 bits per heavy atom. The molecule has 0 unspecified atom stereocenters. The molecule has 0 atom stereocenters. The van der Waals surface area contributed by atoms with Crippen molar-refractivity contribution in [2.75, 3.05) is 0 Å². The first-order chi connectivity index (χ1) is 12.7. The molecule has 1 amide bonds. The lowest BCUT2D eigenvalue weighted by Gasteiger charge is -2.00. The molecule has 130 valence electrons. The highest BCUT2D eigenvalue weighted by atomic mass is 32.1. The van der Waals surface area contributed by atoms with Crippen molar-refractivity contribution in [2.45, 2.75) is 13.5 Å². The van der Waals surface area contributed by atoms with Crippen LogP contribution in [0.2, 0.25) is 0 Å². The third kappa shape index (κ3) is 3.44. The summed E-state index contributed by atoms with van der Waals surface area (Å²) in [6.07, 6.45) is 1.57. The van der Waals surface area contributed by atoms with Gasteiger partial charge in [-0.3, -0.25) is 4.79 Å². The van der Waals surface area contributed by atoms with E-state index in [-0.39, 0.29) is 5.91 Å². The van der Waals surface area contributed by atoms with E-state index < -0.39 is 0 Å². The van der Waals surface area contributed by atoms with Crippen LogP contribution in [0.15, 0.2) is 58.5 Å². The smallest absolute Gasteiger partial charge is 0.263 e. The fraction of sp³-hybridized carbons (Fsp3) is 0.105. The summed E-state index contributed by atoms with van der Waals surface area (Å²) in [6.45, 7) is 2.16. The Kier molecular flexibility index (Phi) is 4.64. The summed E-state index contributed by atoms with van der Waals surface area (Å²) in [7, 11) is 0. The quantitative estimate of drug-likeness (QED) is 0.541. The van der Waals surface area contributed by atoms with E-state index >= 15 is 0 Å². The van der Waals surface area contributed by atoms with Gasteiger partial charge in [-0.2, -0.15) is 0 Å². The van der Waals surface area contributed by atoms with Crippen molar-refractivity contribution < 1.29 is 9.21 Å². The molecule has 0 saturated heterocycles. The molecule has 0 aliphatic rings. The zero-order chi connectivity index (χ0) is 17.9. The minimum absolute atomic E-state index is 0.150. The predicted octanol–water partition coefficient (Wildman–Crippen LogP) is 4.77. The number of thiophene rings is 1. The molecule has 0 bridgehead atoms. The van der Waals surface area contributed by atoms with E-state index in [0.29, 0.717) is 23.0 Å². The Bertz CT molecular complexity index is 1020. The van der Waals surface area contributed by atoms with Gasteiger partial charge in [-0.05, 0) is 18.4 Å². The van der Waals surface area contributed by atoms with Crippen LogP contribution in [-0.2, 0) is 6.54 Å². The molecule has 0 aliphatic carbocycles. The van der Waals surface area contributed by atoms with Gasteiger partial charge < -0.3 is 9.73 Å². The molecule has 26 heavy (non-hydrogen) atoms. The summed E-state index contributed by atoms with van der Waals surface area (Å²) in [4.78, 5) is 23.0. The van der Waals surface area contributed by atoms with E-state index in [1.807, 2.05) is 54.8 Å². The Morgan fingerprint density at radius 3 is 2.77 bits per heavy atom. The van der Waals surface area contributed by atoms with Crippen LogP contribution in [0.4, 0.5) is 0 Å². The molecule has 0 fully saturated rings. The van der Waals surface area contributed by atoms with Gasteiger partial charge in [-0.25, -0.2) is 9.97 Å². The molecule has 3 aromatic heterocycles. The number of aromatic nitrogens is 2. The topological polar surface area (TPSA) is 68.0 Å². The van der Waals surface area contributed by atoms with Crippen molar-refractivity contribution >= 4 is 28.6 Å². The molecule has 4 aromatic rings. The Morgan fingerprint density at radius 1 is 1.15 bits per heavy atom. The maximum Gasteiger partial charge on any atom is 0.263 e. The van der Waals surface area contributed by atoms with E-state index in [9.17, 15) is 4.79 Å². The number of nitrogens with zero attached hydrogens (tertiary/aromatic N) is 2. The van der Waals surface area contributed by atoms with E-state index in [0.717, 1.165) is 21.1 Å². The monoisotopic (exact) mass is 381 g/mol. The highest BCUT2D eigenvalue weighted by Crippen LogP contribution is 2.28. The third-order valence-corrected chi connectivity index (χ3v) is 5.80. The standard InChI is InChI=1S/C19H15N3O2S2/c1-12-16(26-19(21-12)13-6-3-2-4-7-13)17(23)20-10-14-11-24-18(22-14)15-8-5-9-25-15/h2-9,11H,10H2,1H3,(H,20,23). The van der Waals surface area contributed by atoms with Gasteiger partial charge in [0.15, 0.2) is 0 Å². The summed E-state index contributed by atoms with van der Waals surface area (Å²) >= 11 is 2.96. The Balaban J connectivity index is 1.45. The molecule has 7 heteroatoms. The highest BCUT2D eigenvalue weighted by Gasteiger charge is 2.16. The number of amides is 1. The van der Waals surface area contributed by atoms with Crippen molar-refractivity contribution in [1.29, 1.82) is 0 Å². The number of thiazole rings is 1. The Labute approximate surface area is 158 Å². The van der Waals surface area contributed by atoms with Gasteiger partial charge in [0.1, 0.15) is 16.1 Å². The molecule has 4 rings (SSSR count). The normalized spacial score (nSPS) is 10.8. The number of hydrogen-bond acceptors (Lipinski definition) is 6. The number of carbonyl (C=O) groups excluding carboxylic acids is 1. The zero-order valence-electron chi connectivity index (χ0n) is 13.9. The molecule has 1 aromatic carbocycles. The lowest BCUT2D eigenvalue weighted by atomic mass is 10.2. The van der Waals surface area contributed by atoms with Crippen LogP contribution in [0, 0.1) is 6.92 Å².